The summed E-state index contributed by atoms with van der Waals surface area (Å²) in [6.45, 7) is 0. The lowest BCUT2D eigenvalue weighted by Crippen LogP contribution is -2.05. The van der Waals surface area contributed by atoms with Gasteiger partial charge in [0.1, 0.15) is 17.1 Å². The third-order valence-corrected chi connectivity index (χ3v) is 5.03. The molecule has 0 aliphatic carbocycles. The highest BCUT2D eigenvalue weighted by molar-refractivity contribution is 6.13. The van der Waals surface area contributed by atoms with Crippen LogP contribution in [0, 0.1) is 0 Å². The first-order valence-corrected chi connectivity index (χ1v) is 9.13. The van der Waals surface area contributed by atoms with Crippen LogP contribution in [0.1, 0.15) is 10.5 Å². The summed E-state index contributed by atoms with van der Waals surface area (Å²) < 4.78 is 10.3. The van der Waals surface area contributed by atoms with E-state index in [1.165, 1.54) is 7.11 Å². The second-order valence-corrected chi connectivity index (χ2v) is 6.70. The van der Waals surface area contributed by atoms with E-state index < -0.39 is 5.97 Å². The molecule has 1 N–H and O–H groups in total. The number of para-hydroxylation sites is 1. The van der Waals surface area contributed by atoms with Crippen molar-refractivity contribution < 1.29 is 14.3 Å². The van der Waals surface area contributed by atoms with Crippen LogP contribution < -0.4 is 4.74 Å². The zero-order valence-corrected chi connectivity index (χ0v) is 15.9. The Balaban J connectivity index is 1.85. The van der Waals surface area contributed by atoms with Gasteiger partial charge < -0.3 is 14.5 Å². The molecule has 0 unspecified atom stereocenters. The SMILES string of the molecule is COC(=O)c1cc2c([nH]c3ccc(OC)cc32)c(-c2ccc3ccccc3n2)n1. The first kappa shape index (κ1) is 17.2. The molecular formula is C23H17N3O3. The van der Waals surface area contributed by atoms with E-state index in [4.69, 9.17) is 14.5 Å². The van der Waals surface area contributed by atoms with Crippen molar-refractivity contribution in [3.05, 3.63) is 66.4 Å². The molecule has 0 spiro atoms. The lowest BCUT2D eigenvalue weighted by atomic mass is 10.1. The molecule has 5 rings (SSSR count). The molecule has 6 nitrogen and oxygen atoms in total. The van der Waals surface area contributed by atoms with Gasteiger partial charge in [0, 0.05) is 21.7 Å². The van der Waals surface area contributed by atoms with E-state index in [1.54, 1.807) is 13.2 Å². The van der Waals surface area contributed by atoms with Gasteiger partial charge >= 0.3 is 5.97 Å². The number of carbonyl (C=O) groups excluding carboxylic acids is 1. The minimum atomic E-state index is -0.494. The van der Waals surface area contributed by atoms with Gasteiger partial charge in [0.05, 0.1) is 30.9 Å². The molecule has 0 atom stereocenters. The Bertz CT molecular complexity index is 1410. The third-order valence-electron chi connectivity index (χ3n) is 5.03. The Morgan fingerprint density at radius 1 is 0.931 bits per heavy atom. The smallest absolute Gasteiger partial charge is 0.356 e. The number of ether oxygens (including phenoxy) is 2. The quantitative estimate of drug-likeness (QED) is 0.456. The molecule has 0 bridgehead atoms. The topological polar surface area (TPSA) is 77.1 Å². The highest BCUT2D eigenvalue weighted by atomic mass is 16.5. The van der Waals surface area contributed by atoms with Crippen molar-refractivity contribution >= 4 is 38.7 Å². The average molecular weight is 383 g/mol. The number of fused-ring (bicyclic) bond motifs is 4. The zero-order valence-electron chi connectivity index (χ0n) is 15.9. The summed E-state index contributed by atoms with van der Waals surface area (Å²) in [6, 6.07) is 19.3. The molecule has 5 aromatic rings. The number of aromatic amines is 1. The van der Waals surface area contributed by atoms with Gasteiger partial charge in [-0.1, -0.05) is 24.3 Å². The van der Waals surface area contributed by atoms with Gasteiger partial charge in [-0.2, -0.15) is 0 Å². The minimum Gasteiger partial charge on any atom is -0.497 e. The van der Waals surface area contributed by atoms with E-state index in [0.29, 0.717) is 11.4 Å². The number of hydrogen-bond acceptors (Lipinski definition) is 5. The Labute approximate surface area is 166 Å². The fraction of sp³-hybridized carbons (Fsp3) is 0.0870. The van der Waals surface area contributed by atoms with Crippen LogP contribution in [0.2, 0.25) is 0 Å². The molecule has 142 valence electrons. The van der Waals surface area contributed by atoms with Crippen molar-refractivity contribution in [2.24, 2.45) is 0 Å². The maximum atomic E-state index is 12.3. The largest absolute Gasteiger partial charge is 0.497 e. The van der Waals surface area contributed by atoms with E-state index in [2.05, 4.69) is 9.97 Å². The van der Waals surface area contributed by atoms with E-state index in [1.807, 2.05) is 54.6 Å². The molecular weight excluding hydrogens is 366 g/mol. The van der Waals surface area contributed by atoms with Crippen molar-refractivity contribution in [1.29, 1.82) is 0 Å². The lowest BCUT2D eigenvalue weighted by Gasteiger charge is -2.07. The molecule has 0 radical (unpaired) electrons. The number of nitrogens with zero attached hydrogens (tertiary/aromatic N) is 2. The predicted molar refractivity (Wildman–Crippen MR) is 112 cm³/mol. The number of benzene rings is 2. The van der Waals surface area contributed by atoms with Crippen LogP contribution in [-0.4, -0.2) is 35.1 Å². The number of esters is 1. The van der Waals surface area contributed by atoms with Crippen molar-refractivity contribution in [2.75, 3.05) is 14.2 Å². The first-order chi connectivity index (χ1) is 14.2. The monoisotopic (exact) mass is 383 g/mol. The molecule has 2 aromatic carbocycles. The van der Waals surface area contributed by atoms with Crippen LogP contribution in [0.15, 0.2) is 60.7 Å². The van der Waals surface area contributed by atoms with Gasteiger partial charge in [-0.05, 0) is 36.4 Å². The van der Waals surface area contributed by atoms with Gasteiger partial charge in [-0.3, -0.25) is 0 Å². The van der Waals surface area contributed by atoms with Crippen molar-refractivity contribution in [3.8, 4) is 17.1 Å². The number of H-pyrrole nitrogens is 1. The maximum absolute atomic E-state index is 12.3. The molecule has 0 aliphatic rings. The van der Waals surface area contributed by atoms with Crippen LogP contribution in [0.25, 0.3) is 44.1 Å². The average Bonchev–Trinajstić information content (AvgIpc) is 3.15. The van der Waals surface area contributed by atoms with Gasteiger partial charge in [0.2, 0.25) is 0 Å². The summed E-state index contributed by atoms with van der Waals surface area (Å²) in [5.41, 5.74) is 4.10. The summed E-state index contributed by atoms with van der Waals surface area (Å²) in [5, 5.41) is 2.84. The standard InChI is InChI=1S/C23H17N3O3/c1-28-14-8-10-18-15(11-14)16-12-20(23(27)29-2)26-22(21(16)25-18)19-9-7-13-5-3-4-6-17(13)24-19/h3-12,25H,1-2H3. The summed E-state index contributed by atoms with van der Waals surface area (Å²) in [5.74, 6) is 0.242. The Morgan fingerprint density at radius 3 is 2.62 bits per heavy atom. The summed E-state index contributed by atoms with van der Waals surface area (Å²) in [7, 11) is 2.97. The molecule has 6 heteroatoms. The minimum absolute atomic E-state index is 0.230. The van der Waals surface area contributed by atoms with Crippen LogP contribution in [0.4, 0.5) is 0 Å². The van der Waals surface area contributed by atoms with E-state index >= 15 is 0 Å². The molecule has 3 heterocycles. The Kier molecular flexibility index (Phi) is 3.91. The van der Waals surface area contributed by atoms with Gasteiger partial charge in [-0.25, -0.2) is 14.8 Å². The lowest BCUT2D eigenvalue weighted by molar-refractivity contribution is 0.0594. The van der Waals surface area contributed by atoms with Gasteiger partial charge in [0.15, 0.2) is 0 Å². The van der Waals surface area contributed by atoms with Crippen LogP contribution >= 0.6 is 0 Å². The highest BCUT2D eigenvalue weighted by Gasteiger charge is 2.18. The summed E-state index contributed by atoms with van der Waals surface area (Å²) in [4.78, 5) is 25.1. The van der Waals surface area contributed by atoms with Crippen LogP contribution in [0.3, 0.4) is 0 Å². The molecule has 0 saturated heterocycles. The third kappa shape index (κ3) is 2.77. The fourth-order valence-electron chi connectivity index (χ4n) is 3.59. The number of carbonyl (C=O) groups is 1. The number of nitrogens with one attached hydrogen (secondary N) is 1. The molecule has 0 amide bonds. The maximum Gasteiger partial charge on any atom is 0.356 e. The second-order valence-electron chi connectivity index (χ2n) is 6.70. The predicted octanol–water partition coefficient (Wildman–Crippen LogP) is 4.73. The molecule has 3 aromatic heterocycles. The first-order valence-electron chi connectivity index (χ1n) is 9.13. The molecule has 29 heavy (non-hydrogen) atoms. The van der Waals surface area contributed by atoms with Gasteiger partial charge in [-0.15, -0.1) is 0 Å². The van der Waals surface area contributed by atoms with Crippen molar-refractivity contribution in [2.45, 2.75) is 0 Å². The molecule has 0 fully saturated rings. The number of methoxy groups -OCH3 is 2. The molecule has 0 aliphatic heterocycles. The zero-order chi connectivity index (χ0) is 20.0. The van der Waals surface area contributed by atoms with E-state index in [9.17, 15) is 4.79 Å². The molecule has 0 saturated carbocycles. The van der Waals surface area contributed by atoms with E-state index in [-0.39, 0.29) is 5.69 Å². The van der Waals surface area contributed by atoms with Crippen molar-refractivity contribution in [1.82, 2.24) is 15.0 Å². The highest BCUT2D eigenvalue weighted by Crippen LogP contribution is 2.34. The number of rotatable bonds is 3. The Hall–Kier alpha value is -3.93. The number of hydrogen-bond donors (Lipinski definition) is 1. The van der Waals surface area contributed by atoms with Crippen molar-refractivity contribution in [3.63, 3.8) is 0 Å². The Morgan fingerprint density at radius 2 is 1.79 bits per heavy atom. The van der Waals surface area contributed by atoms with Gasteiger partial charge in [0.25, 0.3) is 0 Å². The summed E-state index contributed by atoms with van der Waals surface area (Å²) >= 11 is 0. The summed E-state index contributed by atoms with van der Waals surface area (Å²) in [6.07, 6.45) is 0. The normalized spacial score (nSPS) is 11.2. The van der Waals surface area contributed by atoms with Crippen LogP contribution in [0.5, 0.6) is 5.75 Å². The number of pyridine rings is 2. The number of aromatic nitrogens is 3. The van der Waals surface area contributed by atoms with Crippen LogP contribution in [-0.2, 0) is 4.74 Å². The fourth-order valence-corrected chi connectivity index (χ4v) is 3.59. The van der Waals surface area contributed by atoms with E-state index in [0.717, 1.165) is 38.5 Å². The second kappa shape index (κ2) is 6.60.